The van der Waals surface area contributed by atoms with Gasteiger partial charge in [-0.3, -0.25) is 4.98 Å². The van der Waals surface area contributed by atoms with Gasteiger partial charge in [-0.25, -0.2) is 14.1 Å². The Morgan fingerprint density at radius 3 is 2.79 bits per heavy atom. The molecule has 0 unspecified atom stereocenters. The maximum Gasteiger partial charge on any atom is 0.406 e. The number of methoxy groups -OCH3 is 1. The van der Waals surface area contributed by atoms with Gasteiger partial charge in [0.1, 0.15) is 23.8 Å². The Bertz CT molecular complexity index is 1020. The number of imidazole rings is 1. The van der Waals surface area contributed by atoms with Crippen molar-refractivity contribution in [3.8, 4) is 5.75 Å². The van der Waals surface area contributed by atoms with E-state index in [1.54, 1.807) is 18.2 Å². The van der Waals surface area contributed by atoms with E-state index in [1.807, 2.05) is 0 Å². The molecular weight excluding hydrogens is 395 g/mol. The van der Waals surface area contributed by atoms with E-state index < -0.39 is 18.8 Å². The molecule has 0 radical (unpaired) electrons. The highest BCUT2D eigenvalue weighted by molar-refractivity contribution is 7.82. The number of amides is 2. The van der Waals surface area contributed by atoms with Gasteiger partial charge in [-0.1, -0.05) is 18.9 Å². The number of pyridine rings is 1. The number of thiol groups is 1. The van der Waals surface area contributed by atoms with Crippen LogP contribution in [0.2, 0.25) is 0 Å². The SMILES string of the molecule is COc1ccncc1N(S)C(=O)Nc1cccc2nc(C)n(CC(F)(F)F)c12. The molecule has 0 aliphatic heterocycles. The van der Waals surface area contributed by atoms with Crippen LogP contribution in [0.3, 0.4) is 0 Å². The van der Waals surface area contributed by atoms with Gasteiger partial charge >= 0.3 is 12.2 Å². The summed E-state index contributed by atoms with van der Waals surface area (Å²) in [7, 11) is 1.43. The van der Waals surface area contributed by atoms with E-state index in [4.69, 9.17) is 4.74 Å². The van der Waals surface area contributed by atoms with Crippen molar-refractivity contribution in [2.45, 2.75) is 19.6 Å². The van der Waals surface area contributed by atoms with Gasteiger partial charge in [0, 0.05) is 12.3 Å². The molecule has 1 N–H and O–H groups in total. The van der Waals surface area contributed by atoms with Crippen LogP contribution in [0.1, 0.15) is 5.82 Å². The summed E-state index contributed by atoms with van der Waals surface area (Å²) in [6.07, 6.45) is -1.57. The van der Waals surface area contributed by atoms with Crippen LogP contribution in [0, 0.1) is 6.92 Å². The fourth-order valence-corrected chi connectivity index (χ4v) is 2.96. The van der Waals surface area contributed by atoms with E-state index in [0.717, 1.165) is 8.87 Å². The second kappa shape index (κ2) is 7.58. The number of carbonyl (C=O) groups is 1. The number of halogens is 3. The van der Waals surface area contributed by atoms with Crippen LogP contribution in [0.25, 0.3) is 11.0 Å². The van der Waals surface area contributed by atoms with E-state index in [2.05, 4.69) is 28.1 Å². The van der Waals surface area contributed by atoms with Crippen LogP contribution in [-0.4, -0.2) is 33.9 Å². The summed E-state index contributed by atoms with van der Waals surface area (Å²) < 4.78 is 46.1. The Morgan fingerprint density at radius 1 is 1.36 bits per heavy atom. The largest absolute Gasteiger partial charge is 0.494 e. The minimum absolute atomic E-state index is 0.172. The number of nitrogens with one attached hydrogen (secondary N) is 1. The third-order valence-corrected chi connectivity index (χ3v) is 4.34. The number of ether oxygens (including phenoxy) is 1. The lowest BCUT2D eigenvalue weighted by atomic mass is 10.2. The lowest BCUT2D eigenvalue weighted by Gasteiger charge is -2.19. The summed E-state index contributed by atoms with van der Waals surface area (Å²) in [5.74, 6) is 0.544. The molecular formula is C17H16F3N5O2S. The average molecular weight is 411 g/mol. The first kappa shape index (κ1) is 19.8. The third-order valence-electron chi connectivity index (χ3n) is 3.94. The van der Waals surface area contributed by atoms with Crippen LogP contribution in [0.5, 0.6) is 5.75 Å². The molecule has 11 heteroatoms. The van der Waals surface area contributed by atoms with Crippen molar-refractivity contribution in [2.75, 3.05) is 16.7 Å². The summed E-state index contributed by atoms with van der Waals surface area (Å²) in [6.45, 7) is 0.256. The molecule has 0 aliphatic rings. The summed E-state index contributed by atoms with van der Waals surface area (Å²) >= 11 is 4.16. The molecule has 3 rings (SSSR count). The van der Waals surface area contributed by atoms with Crippen molar-refractivity contribution >= 4 is 41.3 Å². The zero-order valence-corrected chi connectivity index (χ0v) is 15.8. The number of rotatable bonds is 4. The van der Waals surface area contributed by atoms with Gasteiger partial charge in [0.2, 0.25) is 0 Å². The first-order valence-corrected chi connectivity index (χ1v) is 8.42. The second-order valence-corrected chi connectivity index (χ2v) is 6.22. The molecule has 2 amide bonds. The maximum absolute atomic E-state index is 13.0. The van der Waals surface area contributed by atoms with Gasteiger partial charge in [-0.15, -0.1) is 0 Å². The first-order chi connectivity index (χ1) is 13.2. The molecule has 2 heterocycles. The normalized spacial score (nSPS) is 11.5. The van der Waals surface area contributed by atoms with Crippen LogP contribution < -0.4 is 14.4 Å². The second-order valence-electron chi connectivity index (χ2n) is 5.82. The van der Waals surface area contributed by atoms with E-state index in [-0.39, 0.29) is 22.7 Å². The predicted molar refractivity (Wildman–Crippen MR) is 102 cm³/mol. The molecule has 0 atom stereocenters. The number of hydrogen-bond acceptors (Lipinski definition) is 5. The highest BCUT2D eigenvalue weighted by Crippen LogP contribution is 2.31. The standard InChI is InChI=1S/C17H16F3N5O2S/c1-10-22-11-4-3-5-12(15(11)24(10)9-17(18,19)20)23-16(26)25(28)13-8-21-7-6-14(13)27-2/h3-8,28H,9H2,1-2H3,(H,23,26). The lowest BCUT2D eigenvalue weighted by Crippen LogP contribution is -2.27. The number of carbonyl (C=O) groups excluding carboxylic acids is 1. The van der Waals surface area contributed by atoms with E-state index in [9.17, 15) is 18.0 Å². The Labute approximate surface area is 163 Å². The number of para-hydroxylation sites is 1. The molecule has 28 heavy (non-hydrogen) atoms. The van der Waals surface area contributed by atoms with Gasteiger partial charge in [-0.05, 0) is 19.1 Å². The smallest absolute Gasteiger partial charge is 0.406 e. The maximum atomic E-state index is 13.0. The number of hydrogen-bond donors (Lipinski definition) is 2. The van der Waals surface area contributed by atoms with Crippen LogP contribution >= 0.6 is 12.8 Å². The van der Waals surface area contributed by atoms with Crippen LogP contribution in [0.15, 0.2) is 36.7 Å². The lowest BCUT2D eigenvalue weighted by molar-refractivity contribution is -0.140. The molecule has 0 saturated heterocycles. The zero-order chi connectivity index (χ0) is 20.5. The van der Waals surface area contributed by atoms with Crippen LogP contribution in [-0.2, 0) is 6.54 Å². The van der Waals surface area contributed by atoms with E-state index in [0.29, 0.717) is 11.3 Å². The molecule has 0 bridgehead atoms. The number of alkyl halides is 3. The Kier molecular flexibility index (Phi) is 5.36. The topological polar surface area (TPSA) is 72.3 Å². The number of aromatic nitrogens is 3. The molecule has 0 spiro atoms. The van der Waals surface area contributed by atoms with Crippen molar-refractivity contribution in [3.63, 3.8) is 0 Å². The molecule has 0 aliphatic carbocycles. The molecule has 148 valence electrons. The highest BCUT2D eigenvalue weighted by Gasteiger charge is 2.30. The number of aryl methyl sites for hydroxylation is 1. The third kappa shape index (κ3) is 3.98. The quantitative estimate of drug-likeness (QED) is 0.632. The molecule has 1 aromatic carbocycles. The minimum atomic E-state index is -4.44. The monoisotopic (exact) mass is 411 g/mol. The predicted octanol–water partition coefficient (Wildman–Crippen LogP) is 4.19. The summed E-state index contributed by atoms with van der Waals surface area (Å²) in [6, 6.07) is 5.52. The average Bonchev–Trinajstić information content (AvgIpc) is 2.95. The summed E-state index contributed by atoms with van der Waals surface area (Å²) in [4.78, 5) is 20.7. The summed E-state index contributed by atoms with van der Waals surface area (Å²) in [5, 5.41) is 2.57. The van der Waals surface area contributed by atoms with Crippen molar-refractivity contribution in [1.29, 1.82) is 0 Å². The minimum Gasteiger partial charge on any atom is -0.494 e. The number of nitrogens with zero attached hydrogens (tertiary/aromatic N) is 4. The van der Waals surface area contributed by atoms with Crippen molar-refractivity contribution < 1.29 is 22.7 Å². The van der Waals surface area contributed by atoms with Crippen LogP contribution in [0.4, 0.5) is 29.3 Å². The fraction of sp³-hybridized carbons (Fsp3) is 0.235. The van der Waals surface area contributed by atoms with Crippen molar-refractivity contribution in [3.05, 3.63) is 42.5 Å². The number of benzene rings is 1. The Morgan fingerprint density at radius 2 is 2.11 bits per heavy atom. The number of urea groups is 1. The van der Waals surface area contributed by atoms with Crippen molar-refractivity contribution in [1.82, 2.24) is 14.5 Å². The molecule has 3 aromatic rings. The van der Waals surface area contributed by atoms with E-state index in [1.165, 1.54) is 32.5 Å². The Hall–Kier alpha value is -2.95. The molecule has 7 nitrogen and oxygen atoms in total. The highest BCUT2D eigenvalue weighted by atomic mass is 32.1. The van der Waals surface area contributed by atoms with E-state index >= 15 is 0 Å². The number of fused-ring (bicyclic) bond motifs is 1. The van der Waals surface area contributed by atoms with Gasteiger partial charge < -0.3 is 14.6 Å². The van der Waals surface area contributed by atoms with Gasteiger partial charge in [0.15, 0.2) is 0 Å². The van der Waals surface area contributed by atoms with Gasteiger partial charge in [0.25, 0.3) is 0 Å². The molecule has 2 aromatic heterocycles. The van der Waals surface area contributed by atoms with Crippen molar-refractivity contribution in [2.24, 2.45) is 0 Å². The van der Waals surface area contributed by atoms with Gasteiger partial charge in [0.05, 0.1) is 30.0 Å². The first-order valence-electron chi connectivity index (χ1n) is 8.02. The summed E-state index contributed by atoms with van der Waals surface area (Å²) in [5.41, 5.74) is 0.960. The fourth-order valence-electron chi connectivity index (χ4n) is 2.76. The Balaban J connectivity index is 1.97. The zero-order valence-electron chi connectivity index (χ0n) is 14.9. The van der Waals surface area contributed by atoms with Gasteiger partial charge in [-0.2, -0.15) is 13.2 Å². The molecule has 0 saturated carbocycles. The molecule has 0 fully saturated rings. The number of anilines is 2.